The van der Waals surface area contributed by atoms with Crippen LogP contribution in [0.25, 0.3) is 0 Å². The van der Waals surface area contributed by atoms with Gasteiger partial charge in [0.25, 0.3) is 0 Å². The van der Waals surface area contributed by atoms with Crippen molar-refractivity contribution in [3.63, 3.8) is 0 Å². The molecule has 3 rings (SSSR count). The number of hydrogen-bond donors (Lipinski definition) is 0. The van der Waals surface area contributed by atoms with Crippen LogP contribution in [0, 0.1) is 5.92 Å². The highest BCUT2D eigenvalue weighted by atomic mass is 16.5. The molecule has 146 valence electrons. The first-order chi connectivity index (χ1) is 12.7. The second-order valence-corrected chi connectivity index (χ2v) is 7.42. The molecule has 7 heteroatoms. The summed E-state index contributed by atoms with van der Waals surface area (Å²) < 4.78 is 12.7. The maximum atomic E-state index is 12.9. The van der Waals surface area contributed by atoms with Crippen LogP contribution in [0.1, 0.15) is 25.7 Å². The quantitative estimate of drug-likeness (QED) is 0.660. The highest BCUT2D eigenvalue weighted by Gasteiger charge is 2.27. The molecular weight excluding hydrogens is 332 g/mol. The topological polar surface area (TPSA) is 59.8 Å². The van der Waals surface area contributed by atoms with Crippen molar-refractivity contribution in [1.29, 1.82) is 0 Å². The number of rotatable bonds is 9. The molecule has 26 heavy (non-hydrogen) atoms. The molecule has 2 aliphatic rings. The molecule has 0 unspecified atom stereocenters. The van der Waals surface area contributed by atoms with Crippen molar-refractivity contribution < 1.29 is 14.3 Å². The molecule has 7 nitrogen and oxygen atoms in total. The van der Waals surface area contributed by atoms with Gasteiger partial charge < -0.3 is 19.3 Å². The van der Waals surface area contributed by atoms with Crippen LogP contribution in [0.15, 0.2) is 18.5 Å². The molecule has 0 bridgehead atoms. The van der Waals surface area contributed by atoms with Crippen molar-refractivity contribution in [1.82, 2.24) is 19.6 Å². The molecular formula is C19H32N4O3. The summed E-state index contributed by atoms with van der Waals surface area (Å²) in [6, 6.07) is 1.85. The summed E-state index contributed by atoms with van der Waals surface area (Å²) in [4.78, 5) is 17.3. The lowest BCUT2D eigenvalue weighted by Crippen LogP contribution is -2.45. The summed E-state index contributed by atoms with van der Waals surface area (Å²) in [6.45, 7) is 6.65. The number of aromatic nitrogens is 2. The lowest BCUT2D eigenvalue weighted by Gasteiger charge is -2.35. The smallest absolute Gasteiger partial charge is 0.244 e. The number of ether oxygens (including phenoxy) is 2. The molecule has 0 aliphatic carbocycles. The Morgan fingerprint density at radius 2 is 2.15 bits per heavy atom. The zero-order chi connectivity index (χ0) is 18.2. The first-order valence-electron chi connectivity index (χ1n) is 9.82. The maximum Gasteiger partial charge on any atom is 0.244 e. The van der Waals surface area contributed by atoms with Gasteiger partial charge in [-0.3, -0.25) is 9.48 Å². The van der Waals surface area contributed by atoms with Gasteiger partial charge in [-0.05, 0) is 50.8 Å². The lowest BCUT2D eigenvalue weighted by atomic mass is 9.96. The van der Waals surface area contributed by atoms with Crippen molar-refractivity contribution in [3.05, 3.63) is 18.5 Å². The first-order valence-corrected chi connectivity index (χ1v) is 9.82. The Bertz CT molecular complexity index is 523. The SMILES string of the molecule is COCCN1CCC(CN(C[C@@H]2CCCO2)C(=O)Cn2cccn2)CC1. The Labute approximate surface area is 156 Å². The van der Waals surface area contributed by atoms with Crippen LogP contribution in [0.2, 0.25) is 0 Å². The van der Waals surface area contributed by atoms with E-state index in [9.17, 15) is 4.79 Å². The summed E-state index contributed by atoms with van der Waals surface area (Å²) >= 11 is 0. The fourth-order valence-corrected chi connectivity index (χ4v) is 3.87. The fourth-order valence-electron chi connectivity index (χ4n) is 3.87. The summed E-state index contributed by atoms with van der Waals surface area (Å²) in [5, 5.41) is 4.18. The molecule has 1 amide bonds. The van der Waals surface area contributed by atoms with E-state index >= 15 is 0 Å². The monoisotopic (exact) mass is 364 g/mol. The van der Waals surface area contributed by atoms with E-state index in [4.69, 9.17) is 9.47 Å². The van der Waals surface area contributed by atoms with Crippen molar-refractivity contribution in [2.75, 3.05) is 53.0 Å². The van der Waals surface area contributed by atoms with Gasteiger partial charge >= 0.3 is 0 Å². The predicted octanol–water partition coefficient (Wildman–Crippen LogP) is 1.25. The summed E-state index contributed by atoms with van der Waals surface area (Å²) in [5.74, 6) is 0.711. The molecule has 2 fully saturated rings. The molecule has 2 saturated heterocycles. The number of carbonyl (C=O) groups is 1. The predicted molar refractivity (Wildman–Crippen MR) is 98.8 cm³/mol. The van der Waals surface area contributed by atoms with Gasteiger partial charge in [-0.25, -0.2) is 0 Å². The van der Waals surface area contributed by atoms with E-state index in [2.05, 4.69) is 10.00 Å². The van der Waals surface area contributed by atoms with Gasteiger partial charge in [0.05, 0.1) is 12.7 Å². The summed E-state index contributed by atoms with van der Waals surface area (Å²) in [5.41, 5.74) is 0. The van der Waals surface area contributed by atoms with Gasteiger partial charge in [0.2, 0.25) is 5.91 Å². The fraction of sp³-hybridized carbons (Fsp3) is 0.789. The van der Waals surface area contributed by atoms with E-state index in [1.54, 1.807) is 18.0 Å². The molecule has 0 saturated carbocycles. The van der Waals surface area contributed by atoms with Crippen LogP contribution in [-0.2, 0) is 20.8 Å². The second-order valence-electron chi connectivity index (χ2n) is 7.42. The highest BCUT2D eigenvalue weighted by molar-refractivity contribution is 5.76. The van der Waals surface area contributed by atoms with Gasteiger partial charge in [0, 0.05) is 45.7 Å². The van der Waals surface area contributed by atoms with Gasteiger partial charge in [-0.2, -0.15) is 5.10 Å². The highest BCUT2D eigenvalue weighted by Crippen LogP contribution is 2.20. The molecule has 0 N–H and O–H groups in total. The average Bonchev–Trinajstić information content (AvgIpc) is 3.34. The van der Waals surface area contributed by atoms with Gasteiger partial charge in [0.1, 0.15) is 6.54 Å². The zero-order valence-corrected chi connectivity index (χ0v) is 15.9. The normalized spacial score (nSPS) is 22.0. The molecule has 3 heterocycles. The third-order valence-electron chi connectivity index (χ3n) is 5.45. The summed E-state index contributed by atoms with van der Waals surface area (Å²) in [7, 11) is 1.75. The van der Waals surface area contributed by atoms with Crippen molar-refractivity contribution in [2.24, 2.45) is 5.92 Å². The maximum absolute atomic E-state index is 12.9. The third kappa shape index (κ3) is 5.79. The van der Waals surface area contributed by atoms with E-state index in [1.165, 1.54) is 0 Å². The molecule has 1 aromatic rings. The van der Waals surface area contributed by atoms with Crippen molar-refractivity contribution >= 4 is 5.91 Å². The van der Waals surface area contributed by atoms with Crippen molar-refractivity contribution in [3.8, 4) is 0 Å². The van der Waals surface area contributed by atoms with Crippen LogP contribution in [0.5, 0.6) is 0 Å². The van der Waals surface area contributed by atoms with Gasteiger partial charge in [0.15, 0.2) is 0 Å². The molecule has 2 aliphatic heterocycles. The van der Waals surface area contributed by atoms with E-state index in [0.29, 0.717) is 19.0 Å². The van der Waals surface area contributed by atoms with E-state index in [1.807, 2.05) is 17.2 Å². The van der Waals surface area contributed by atoms with E-state index in [0.717, 1.165) is 65.1 Å². The minimum Gasteiger partial charge on any atom is -0.383 e. The largest absolute Gasteiger partial charge is 0.383 e. The Kier molecular flexibility index (Phi) is 7.46. The number of hydrogen-bond acceptors (Lipinski definition) is 5. The number of likely N-dealkylation sites (tertiary alicyclic amines) is 1. The minimum absolute atomic E-state index is 0.144. The van der Waals surface area contributed by atoms with E-state index < -0.39 is 0 Å². The van der Waals surface area contributed by atoms with E-state index in [-0.39, 0.29) is 12.0 Å². The number of piperidine rings is 1. The van der Waals surface area contributed by atoms with Crippen LogP contribution in [-0.4, -0.2) is 84.6 Å². The number of carbonyl (C=O) groups excluding carboxylic acids is 1. The Morgan fingerprint density at radius 3 is 2.81 bits per heavy atom. The first kappa shape index (κ1) is 19.3. The third-order valence-corrected chi connectivity index (χ3v) is 5.45. The minimum atomic E-state index is 0.144. The van der Waals surface area contributed by atoms with Crippen molar-refractivity contribution in [2.45, 2.75) is 38.3 Å². The molecule has 1 atom stereocenters. The number of amides is 1. The summed E-state index contributed by atoms with van der Waals surface area (Å²) in [6.07, 6.45) is 8.19. The molecule has 0 radical (unpaired) electrons. The number of nitrogens with zero attached hydrogens (tertiary/aromatic N) is 4. The van der Waals surface area contributed by atoms with Crippen LogP contribution in [0.3, 0.4) is 0 Å². The Hall–Kier alpha value is -1.44. The molecule has 0 aromatic carbocycles. The van der Waals surface area contributed by atoms with Crippen LogP contribution < -0.4 is 0 Å². The molecule has 1 aromatic heterocycles. The lowest BCUT2D eigenvalue weighted by molar-refractivity contribution is -0.134. The van der Waals surface area contributed by atoms with Crippen LogP contribution >= 0.6 is 0 Å². The van der Waals surface area contributed by atoms with Gasteiger partial charge in [-0.15, -0.1) is 0 Å². The number of methoxy groups -OCH3 is 1. The average molecular weight is 364 g/mol. The van der Waals surface area contributed by atoms with Gasteiger partial charge in [-0.1, -0.05) is 0 Å². The zero-order valence-electron chi connectivity index (χ0n) is 15.9. The Balaban J connectivity index is 1.52. The molecule has 0 spiro atoms. The Morgan fingerprint density at radius 1 is 1.31 bits per heavy atom. The second kappa shape index (κ2) is 10.0. The standard InChI is InChI=1S/C19H32N4O3/c1-25-13-11-21-9-5-17(6-10-21)14-22(15-18-4-2-12-26-18)19(24)16-23-8-3-7-20-23/h3,7-8,17-18H,2,4-6,9-16H2,1H3/t18-/m0/s1. The van der Waals surface area contributed by atoms with Crippen LogP contribution in [0.4, 0.5) is 0 Å².